The van der Waals surface area contributed by atoms with Crippen LogP contribution in [0, 0.1) is 11.8 Å². The van der Waals surface area contributed by atoms with E-state index in [1.807, 2.05) is 0 Å². The van der Waals surface area contributed by atoms with Gasteiger partial charge in [-0.1, -0.05) is 26.2 Å². The van der Waals surface area contributed by atoms with Gasteiger partial charge in [0.2, 0.25) is 0 Å². The van der Waals surface area contributed by atoms with Crippen molar-refractivity contribution in [3.8, 4) is 0 Å². The second-order valence-electron chi connectivity index (χ2n) is 5.76. The molecule has 0 amide bonds. The van der Waals surface area contributed by atoms with Crippen LogP contribution < -0.4 is 5.32 Å². The first kappa shape index (κ1) is 12.4. The van der Waals surface area contributed by atoms with Gasteiger partial charge in [0.25, 0.3) is 0 Å². The predicted molar refractivity (Wildman–Crippen MR) is 67.4 cm³/mol. The molecule has 1 aliphatic carbocycles. The van der Waals surface area contributed by atoms with Gasteiger partial charge in [0.1, 0.15) is 0 Å². The molecule has 0 aromatic carbocycles. The molecule has 0 aromatic rings. The minimum Gasteiger partial charge on any atom is -0.393 e. The largest absolute Gasteiger partial charge is 0.393 e. The molecule has 2 nitrogen and oxygen atoms in total. The van der Waals surface area contributed by atoms with Gasteiger partial charge in [-0.3, -0.25) is 0 Å². The molecule has 0 bridgehead atoms. The number of aliphatic hydroxyl groups excluding tert-OH is 1. The molecular weight excluding hydrogens is 198 g/mol. The highest BCUT2D eigenvalue weighted by molar-refractivity contribution is 4.89. The van der Waals surface area contributed by atoms with Gasteiger partial charge in [-0.2, -0.15) is 0 Å². The van der Waals surface area contributed by atoms with E-state index in [-0.39, 0.29) is 6.10 Å². The standard InChI is InChI=1S/C14H27NO/c1-2-5-11-7-8-14(16)12(10-11)13-6-3-4-9-15-13/h11-16H,2-10H2,1H3. The third-order valence-corrected chi connectivity index (χ3v) is 4.53. The molecule has 2 heteroatoms. The summed E-state index contributed by atoms with van der Waals surface area (Å²) in [6, 6.07) is 0.600. The van der Waals surface area contributed by atoms with Gasteiger partial charge in [0, 0.05) is 12.0 Å². The molecule has 1 heterocycles. The number of piperidine rings is 1. The lowest BCUT2D eigenvalue weighted by Gasteiger charge is -2.40. The molecule has 0 radical (unpaired) electrons. The molecule has 4 unspecified atom stereocenters. The van der Waals surface area contributed by atoms with Gasteiger partial charge in [-0.05, 0) is 44.6 Å². The molecule has 0 aromatic heterocycles. The van der Waals surface area contributed by atoms with Crippen molar-refractivity contribution in [2.75, 3.05) is 6.54 Å². The van der Waals surface area contributed by atoms with Gasteiger partial charge in [0.15, 0.2) is 0 Å². The van der Waals surface area contributed by atoms with Crippen LogP contribution >= 0.6 is 0 Å². The van der Waals surface area contributed by atoms with Gasteiger partial charge in [0.05, 0.1) is 6.10 Å². The van der Waals surface area contributed by atoms with Gasteiger partial charge in [-0.25, -0.2) is 0 Å². The Kier molecular flexibility index (Phi) is 4.66. The normalized spacial score (nSPS) is 40.9. The smallest absolute Gasteiger partial charge is 0.0583 e. The minimum absolute atomic E-state index is 0.0382. The second kappa shape index (κ2) is 6.02. The van der Waals surface area contributed by atoms with Gasteiger partial charge < -0.3 is 10.4 Å². The Morgan fingerprint density at radius 3 is 2.75 bits per heavy atom. The Hall–Kier alpha value is -0.0800. The zero-order valence-corrected chi connectivity index (χ0v) is 10.6. The summed E-state index contributed by atoms with van der Waals surface area (Å²) >= 11 is 0. The number of nitrogens with one attached hydrogen (secondary N) is 1. The fraction of sp³-hybridized carbons (Fsp3) is 1.00. The summed E-state index contributed by atoms with van der Waals surface area (Å²) in [6.07, 6.45) is 10.1. The summed E-state index contributed by atoms with van der Waals surface area (Å²) < 4.78 is 0. The highest BCUT2D eigenvalue weighted by Gasteiger charge is 2.34. The lowest BCUT2D eigenvalue weighted by molar-refractivity contribution is 0.0208. The molecule has 0 spiro atoms. The van der Waals surface area contributed by atoms with Crippen LogP contribution in [0.15, 0.2) is 0 Å². The molecule has 2 rings (SSSR count). The van der Waals surface area contributed by atoms with Gasteiger partial charge >= 0.3 is 0 Å². The van der Waals surface area contributed by atoms with Crippen LogP contribution in [-0.2, 0) is 0 Å². The van der Waals surface area contributed by atoms with Crippen molar-refractivity contribution < 1.29 is 5.11 Å². The minimum atomic E-state index is -0.0382. The van der Waals surface area contributed by atoms with E-state index < -0.39 is 0 Å². The quantitative estimate of drug-likeness (QED) is 0.774. The van der Waals surface area contributed by atoms with E-state index in [0.29, 0.717) is 12.0 Å². The maximum atomic E-state index is 10.2. The number of aliphatic hydroxyl groups is 1. The fourth-order valence-corrected chi connectivity index (χ4v) is 3.63. The monoisotopic (exact) mass is 225 g/mol. The van der Waals surface area contributed by atoms with Crippen molar-refractivity contribution in [3.05, 3.63) is 0 Å². The average Bonchev–Trinajstić information content (AvgIpc) is 2.33. The SMILES string of the molecule is CCCC1CCC(O)C(C2CCCCN2)C1. The third kappa shape index (κ3) is 2.98. The molecule has 2 N–H and O–H groups in total. The van der Waals surface area contributed by atoms with Crippen LogP contribution in [0.5, 0.6) is 0 Å². The van der Waals surface area contributed by atoms with Crippen molar-refractivity contribution in [3.63, 3.8) is 0 Å². The van der Waals surface area contributed by atoms with Crippen molar-refractivity contribution in [1.82, 2.24) is 5.32 Å². The molecule has 4 atom stereocenters. The molecule has 94 valence electrons. The molecule has 1 saturated carbocycles. The summed E-state index contributed by atoms with van der Waals surface area (Å²) in [5.41, 5.74) is 0. The van der Waals surface area contributed by atoms with Crippen LogP contribution in [0.1, 0.15) is 58.3 Å². The zero-order valence-electron chi connectivity index (χ0n) is 10.6. The van der Waals surface area contributed by atoms with Gasteiger partial charge in [-0.15, -0.1) is 0 Å². The van der Waals surface area contributed by atoms with E-state index >= 15 is 0 Å². The average molecular weight is 225 g/mol. The topological polar surface area (TPSA) is 32.3 Å². The first-order valence-corrected chi connectivity index (χ1v) is 7.22. The fourth-order valence-electron chi connectivity index (χ4n) is 3.63. The Bertz CT molecular complexity index is 201. The second-order valence-corrected chi connectivity index (χ2v) is 5.76. The number of rotatable bonds is 3. The maximum absolute atomic E-state index is 10.2. The molecule has 16 heavy (non-hydrogen) atoms. The Labute approximate surface area is 99.8 Å². The van der Waals surface area contributed by atoms with Crippen molar-refractivity contribution in [2.45, 2.75) is 70.4 Å². The molecule has 1 saturated heterocycles. The van der Waals surface area contributed by atoms with E-state index in [0.717, 1.165) is 18.9 Å². The van der Waals surface area contributed by atoms with E-state index in [2.05, 4.69) is 12.2 Å². The highest BCUT2D eigenvalue weighted by Crippen LogP contribution is 2.35. The van der Waals surface area contributed by atoms with Crippen LogP contribution in [0.3, 0.4) is 0 Å². The Morgan fingerprint density at radius 1 is 1.19 bits per heavy atom. The van der Waals surface area contributed by atoms with Crippen molar-refractivity contribution >= 4 is 0 Å². The maximum Gasteiger partial charge on any atom is 0.0583 e. The Balaban J connectivity index is 1.89. The predicted octanol–water partition coefficient (Wildman–Crippen LogP) is 2.71. The van der Waals surface area contributed by atoms with E-state index in [1.54, 1.807) is 0 Å². The number of hydrogen-bond acceptors (Lipinski definition) is 2. The van der Waals surface area contributed by atoms with Crippen molar-refractivity contribution in [2.24, 2.45) is 11.8 Å². The summed E-state index contributed by atoms with van der Waals surface area (Å²) in [5, 5.41) is 13.8. The Morgan fingerprint density at radius 2 is 2.06 bits per heavy atom. The van der Waals surface area contributed by atoms with Crippen LogP contribution in [0.25, 0.3) is 0 Å². The molecule has 2 aliphatic rings. The summed E-state index contributed by atoms with van der Waals surface area (Å²) in [7, 11) is 0. The first-order valence-electron chi connectivity index (χ1n) is 7.22. The summed E-state index contributed by atoms with van der Waals surface area (Å²) in [6.45, 7) is 3.44. The zero-order chi connectivity index (χ0) is 11.4. The molecular formula is C14H27NO. The van der Waals surface area contributed by atoms with E-state index in [9.17, 15) is 5.11 Å². The van der Waals surface area contributed by atoms with Crippen molar-refractivity contribution in [1.29, 1.82) is 0 Å². The van der Waals surface area contributed by atoms with Crippen LogP contribution in [0.4, 0.5) is 0 Å². The first-order chi connectivity index (χ1) is 7.81. The lowest BCUT2D eigenvalue weighted by Crippen LogP contribution is -2.47. The van der Waals surface area contributed by atoms with Crippen LogP contribution in [0.2, 0.25) is 0 Å². The third-order valence-electron chi connectivity index (χ3n) is 4.53. The van der Waals surface area contributed by atoms with E-state index in [1.165, 1.54) is 44.9 Å². The van der Waals surface area contributed by atoms with Crippen LogP contribution in [-0.4, -0.2) is 23.8 Å². The number of hydrogen-bond donors (Lipinski definition) is 2. The summed E-state index contributed by atoms with van der Waals surface area (Å²) in [4.78, 5) is 0. The highest BCUT2D eigenvalue weighted by atomic mass is 16.3. The lowest BCUT2D eigenvalue weighted by atomic mass is 9.73. The molecule has 2 fully saturated rings. The molecule has 1 aliphatic heterocycles. The van der Waals surface area contributed by atoms with E-state index in [4.69, 9.17) is 0 Å². The summed E-state index contributed by atoms with van der Waals surface area (Å²) in [5.74, 6) is 1.41.